The van der Waals surface area contributed by atoms with Gasteiger partial charge in [-0.3, -0.25) is 0 Å². The van der Waals surface area contributed by atoms with Crippen molar-refractivity contribution in [3.05, 3.63) is 18.0 Å². The molecule has 2 aliphatic heterocycles. The first-order valence-corrected chi connectivity index (χ1v) is 8.44. The normalized spacial score (nSPS) is 29.7. The molecule has 2 fully saturated rings. The van der Waals surface area contributed by atoms with Gasteiger partial charge >= 0.3 is 0 Å². The molecular weight excluding hydrogens is 276 g/mol. The molecule has 1 N–H and O–H groups in total. The van der Waals surface area contributed by atoms with E-state index in [0.29, 0.717) is 18.6 Å². The molecule has 2 aliphatic rings. The van der Waals surface area contributed by atoms with Gasteiger partial charge in [-0.15, -0.1) is 0 Å². The maximum Gasteiger partial charge on any atom is 0.225 e. The number of hydrogen-bond donors (Lipinski definition) is 1. The Balaban J connectivity index is 1.77. The van der Waals surface area contributed by atoms with Crippen LogP contribution in [0.2, 0.25) is 0 Å². The van der Waals surface area contributed by atoms with Crippen molar-refractivity contribution in [2.75, 3.05) is 38.2 Å². The Hall–Kier alpha value is -1.20. The van der Waals surface area contributed by atoms with Crippen LogP contribution in [0, 0.1) is 5.41 Å². The van der Waals surface area contributed by atoms with Gasteiger partial charge in [0.1, 0.15) is 0 Å². The number of likely N-dealkylation sites (tertiary alicyclic amines) is 1. The van der Waals surface area contributed by atoms with Crippen LogP contribution in [0.1, 0.15) is 44.6 Å². The van der Waals surface area contributed by atoms with Crippen molar-refractivity contribution in [3.63, 3.8) is 0 Å². The maximum absolute atomic E-state index is 9.97. The maximum atomic E-state index is 9.97. The van der Waals surface area contributed by atoms with Gasteiger partial charge in [-0.2, -0.15) is 0 Å². The topological polar surface area (TPSA) is 52.5 Å². The fourth-order valence-electron chi connectivity index (χ4n) is 3.99. The molecule has 0 radical (unpaired) electrons. The molecule has 0 aromatic carbocycles. The number of rotatable bonds is 3. The van der Waals surface area contributed by atoms with E-state index < -0.39 is 0 Å². The predicted octanol–water partition coefficient (Wildman–Crippen LogP) is 1.88. The Kier molecular flexibility index (Phi) is 4.37. The van der Waals surface area contributed by atoms with Gasteiger partial charge in [0.25, 0.3) is 0 Å². The first kappa shape index (κ1) is 15.7. The number of fused-ring (bicyclic) bond motifs is 1. The lowest BCUT2D eigenvalue weighted by Gasteiger charge is -2.53. The summed E-state index contributed by atoms with van der Waals surface area (Å²) in [7, 11) is 2.18. The minimum absolute atomic E-state index is 0.0708. The zero-order valence-corrected chi connectivity index (χ0v) is 14.0. The van der Waals surface area contributed by atoms with Crippen LogP contribution < -0.4 is 4.90 Å². The lowest BCUT2D eigenvalue weighted by molar-refractivity contribution is -0.0278. The largest absolute Gasteiger partial charge is 0.396 e. The van der Waals surface area contributed by atoms with Gasteiger partial charge in [-0.25, -0.2) is 9.97 Å². The van der Waals surface area contributed by atoms with E-state index in [-0.39, 0.29) is 5.41 Å². The van der Waals surface area contributed by atoms with Crippen LogP contribution in [0.15, 0.2) is 12.4 Å². The molecule has 3 heterocycles. The summed E-state index contributed by atoms with van der Waals surface area (Å²) in [5.74, 6) is 1.29. The third kappa shape index (κ3) is 2.72. The van der Waals surface area contributed by atoms with Crippen LogP contribution >= 0.6 is 0 Å². The number of aliphatic hydroxyl groups excluding tert-OH is 1. The highest BCUT2D eigenvalue weighted by Crippen LogP contribution is 2.41. The van der Waals surface area contributed by atoms with Crippen LogP contribution in [0.3, 0.4) is 0 Å². The summed E-state index contributed by atoms with van der Waals surface area (Å²) in [5.41, 5.74) is 1.25. The summed E-state index contributed by atoms with van der Waals surface area (Å²) in [6.07, 6.45) is 7.25. The van der Waals surface area contributed by atoms with E-state index in [0.717, 1.165) is 38.4 Å². The van der Waals surface area contributed by atoms with Crippen LogP contribution in [0.4, 0.5) is 5.95 Å². The van der Waals surface area contributed by atoms with E-state index >= 15 is 0 Å². The van der Waals surface area contributed by atoms with Crippen molar-refractivity contribution in [2.45, 2.75) is 45.1 Å². The molecule has 0 aliphatic carbocycles. The van der Waals surface area contributed by atoms with Crippen LogP contribution in [-0.2, 0) is 0 Å². The molecule has 2 saturated heterocycles. The molecule has 2 atom stereocenters. The Labute approximate surface area is 133 Å². The first-order valence-electron chi connectivity index (χ1n) is 8.44. The van der Waals surface area contributed by atoms with Crippen molar-refractivity contribution < 1.29 is 5.11 Å². The lowest BCUT2D eigenvalue weighted by atomic mass is 9.69. The molecule has 5 heteroatoms. The van der Waals surface area contributed by atoms with E-state index in [4.69, 9.17) is 0 Å². The van der Waals surface area contributed by atoms with Gasteiger partial charge in [0.2, 0.25) is 5.95 Å². The first-order chi connectivity index (χ1) is 10.6. The Bertz CT molecular complexity index is 504. The second-order valence-corrected chi connectivity index (χ2v) is 7.29. The summed E-state index contributed by atoms with van der Waals surface area (Å²) < 4.78 is 0. The second-order valence-electron chi connectivity index (χ2n) is 7.29. The smallest absolute Gasteiger partial charge is 0.225 e. The van der Waals surface area contributed by atoms with Crippen molar-refractivity contribution in [2.24, 2.45) is 5.41 Å². The molecule has 0 saturated carbocycles. The summed E-state index contributed by atoms with van der Waals surface area (Å²) in [6, 6.07) is 0.397. The minimum Gasteiger partial charge on any atom is -0.396 e. The average molecular weight is 304 g/mol. The molecule has 1 aromatic rings. The van der Waals surface area contributed by atoms with Gasteiger partial charge in [0, 0.05) is 36.9 Å². The molecule has 0 bridgehead atoms. The molecule has 3 rings (SSSR count). The number of piperidine rings is 2. The SMILES string of the molecule is CC(C)c1cnc(N2CC[C@@]3(CO)CCCN(C)[C@@H]3C2)nc1. The number of anilines is 1. The minimum atomic E-state index is 0.0708. The van der Waals surface area contributed by atoms with E-state index in [1.54, 1.807) is 0 Å². The highest BCUT2D eigenvalue weighted by Gasteiger charge is 2.46. The monoisotopic (exact) mass is 304 g/mol. The summed E-state index contributed by atoms with van der Waals surface area (Å²) in [5, 5.41) is 9.97. The molecule has 0 spiro atoms. The molecule has 1 aromatic heterocycles. The molecular formula is C17H28N4O. The van der Waals surface area contributed by atoms with Crippen molar-refractivity contribution in [3.8, 4) is 0 Å². The van der Waals surface area contributed by atoms with Gasteiger partial charge in [0.05, 0.1) is 6.61 Å². The van der Waals surface area contributed by atoms with Crippen molar-refractivity contribution in [1.82, 2.24) is 14.9 Å². The number of aromatic nitrogens is 2. The van der Waals surface area contributed by atoms with Crippen LogP contribution in [0.25, 0.3) is 0 Å². The Morgan fingerprint density at radius 3 is 2.64 bits per heavy atom. The third-order valence-corrected chi connectivity index (χ3v) is 5.62. The van der Waals surface area contributed by atoms with Crippen LogP contribution in [0.5, 0.6) is 0 Å². The van der Waals surface area contributed by atoms with Gasteiger partial charge in [-0.1, -0.05) is 13.8 Å². The molecule has 22 heavy (non-hydrogen) atoms. The van der Waals surface area contributed by atoms with Gasteiger partial charge in [0.15, 0.2) is 0 Å². The summed E-state index contributed by atoms with van der Waals surface area (Å²) in [6.45, 7) is 7.58. The van der Waals surface area contributed by atoms with E-state index in [2.05, 4.69) is 40.7 Å². The number of likely N-dealkylation sites (N-methyl/N-ethyl adjacent to an activating group) is 1. The molecule has 0 amide bonds. The highest BCUT2D eigenvalue weighted by molar-refractivity contribution is 5.33. The molecule has 122 valence electrons. The summed E-state index contributed by atoms with van der Waals surface area (Å²) in [4.78, 5) is 13.8. The number of nitrogens with zero attached hydrogens (tertiary/aromatic N) is 4. The number of hydrogen-bond acceptors (Lipinski definition) is 5. The lowest BCUT2D eigenvalue weighted by Crippen LogP contribution is -2.61. The molecule has 5 nitrogen and oxygen atoms in total. The van der Waals surface area contributed by atoms with E-state index in [1.807, 2.05) is 12.4 Å². The second kappa shape index (κ2) is 6.13. The average Bonchev–Trinajstić information content (AvgIpc) is 2.55. The van der Waals surface area contributed by atoms with E-state index in [1.165, 1.54) is 12.0 Å². The van der Waals surface area contributed by atoms with Crippen molar-refractivity contribution >= 4 is 5.95 Å². The van der Waals surface area contributed by atoms with Gasteiger partial charge < -0.3 is 14.9 Å². The zero-order chi connectivity index (χ0) is 15.7. The third-order valence-electron chi connectivity index (χ3n) is 5.62. The van der Waals surface area contributed by atoms with Crippen LogP contribution in [-0.4, -0.2) is 59.3 Å². The van der Waals surface area contributed by atoms with E-state index in [9.17, 15) is 5.11 Å². The molecule has 0 unspecified atom stereocenters. The van der Waals surface area contributed by atoms with Crippen molar-refractivity contribution in [1.29, 1.82) is 0 Å². The fourth-order valence-corrected chi connectivity index (χ4v) is 3.99. The van der Waals surface area contributed by atoms with Gasteiger partial charge in [-0.05, 0) is 44.3 Å². The fraction of sp³-hybridized carbons (Fsp3) is 0.765. The Morgan fingerprint density at radius 2 is 2.00 bits per heavy atom. The number of aliphatic hydroxyl groups is 1. The quantitative estimate of drug-likeness (QED) is 0.924. The standard InChI is InChI=1S/C17H28N4O/c1-13(2)14-9-18-16(19-10-14)21-8-6-17(12-22)5-4-7-20(3)15(17)11-21/h9-10,13,15,22H,4-8,11-12H2,1-3H3/t15-,17-/m1/s1. The Morgan fingerprint density at radius 1 is 1.27 bits per heavy atom. The highest BCUT2D eigenvalue weighted by atomic mass is 16.3. The summed E-state index contributed by atoms with van der Waals surface area (Å²) >= 11 is 0. The zero-order valence-electron chi connectivity index (χ0n) is 14.0. The predicted molar refractivity (Wildman–Crippen MR) is 88.1 cm³/mol.